The zero-order valence-corrected chi connectivity index (χ0v) is 20.6. The monoisotopic (exact) mass is 538 g/mol. The Morgan fingerprint density at radius 1 is 0.586 bits per heavy atom. The fraction of sp³-hybridized carbons (Fsp3) is 0.923. The third kappa shape index (κ3) is 12.2. The van der Waals surface area contributed by atoms with E-state index in [4.69, 9.17) is 40.9 Å². The Morgan fingerprint density at radius 2 is 0.793 bits per heavy atom. The second kappa shape index (κ2) is 16.8. The van der Waals surface area contributed by atoms with E-state index >= 15 is 0 Å². The fourth-order valence-electron chi connectivity index (χ4n) is 0.801. The van der Waals surface area contributed by atoms with E-state index in [2.05, 4.69) is 80.2 Å². The number of hydrogen-bond donors (Lipinski definition) is 14. The van der Waals surface area contributed by atoms with E-state index in [1.807, 2.05) is 0 Å². The van der Waals surface area contributed by atoms with Gasteiger partial charge in [-0.05, 0) is 0 Å². The maximum Gasteiger partial charge on any atom is 0.347 e. The van der Waals surface area contributed by atoms with Gasteiger partial charge < -0.3 is 45.0 Å². The smallest absolute Gasteiger partial charge is 0.347 e. The average molecular weight is 539 g/mol. The Kier molecular flexibility index (Phi) is 20.2. The van der Waals surface area contributed by atoms with Crippen LogP contribution in [0.2, 0.25) is 0 Å². The lowest BCUT2D eigenvalue weighted by molar-refractivity contribution is -0.132. The highest BCUT2D eigenvalue weighted by atomic mass is 32.2. The van der Waals surface area contributed by atoms with Crippen molar-refractivity contribution in [3.8, 4) is 0 Å². The number of hydrogen-bond acceptors (Lipinski definition) is 16. The van der Waals surface area contributed by atoms with Crippen LogP contribution in [0.1, 0.15) is 0 Å². The fourth-order valence-corrected chi connectivity index (χ4v) is 1.45. The van der Waals surface area contributed by atoms with Crippen LogP contribution in [0.3, 0.4) is 0 Å². The number of aliphatic hydroxyl groups excluding tert-OH is 8. The molecule has 0 aliphatic rings. The minimum absolute atomic E-state index is 0.406. The van der Waals surface area contributed by atoms with Crippen molar-refractivity contribution in [3.63, 3.8) is 0 Å². The molecule has 0 heterocycles. The highest BCUT2D eigenvalue weighted by molar-refractivity contribution is 8.20. The number of rotatable bonds is 10. The Bertz CT molecular complexity index is 372. The van der Waals surface area contributed by atoms with E-state index in [9.17, 15) is 4.79 Å². The summed E-state index contributed by atoms with van der Waals surface area (Å²) in [6.07, 6.45) is 0. The Balaban J connectivity index is -0.000000352. The van der Waals surface area contributed by atoms with Crippen LogP contribution >= 0.6 is 76.1 Å². The van der Waals surface area contributed by atoms with E-state index in [1.165, 1.54) is 0 Å². The van der Waals surface area contributed by atoms with Crippen LogP contribution in [0.4, 0.5) is 0 Å². The molecule has 0 aromatic carbocycles. The molecule has 0 saturated carbocycles. The lowest BCUT2D eigenvalue weighted by Crippen LogP contribution is -2.40. The van der Waals surface area contributed by atoms with Gasteiger partial charge >= 0.3 is 5.97 Å². The largest absolute Gasteiger partial charge is 0.396 e. The average Bonchev–Trinajstić information content (AvgIpc) is 2.72. The molecule has 0 aliphatic heterocycles. The van der Waals surface area contributed by atoms with E-state index in [0.717, 1.165) is 0 Å². The molecule has 29 heavy (non-hydrogen) atoms. The van der Waals surface area contributed by atoms with Gasteiger partial charge in [0.25, 0.3) is 0 Å². The van der Waals surface area contributed by atoms with Gasteiger partial charge in [-0.2, -0.15) is 0 Å². The molecular formula is C13H30O10S6. The van der Waals surface area contributed by atoms with Gasteiger partial charge in [-0.1, -0.05) is 0 Å². The SMILES string of the molecule is O=C(OS)C(S)(S)C(S)(S)S.OCC(CO)(CO)CO.OCC(CO)(CO)CO. The van der Waals surface area contributed by atoms with Gasteiger partial charge in [0.15, 0.2) is 4.08 Å². The van der Waals surface area contributed by atoms with Gasteiger partial charge in [-0.15, -0.1) is 63.1 Å². The number of carbonyl (C=O) groups excluding carboxylic acids is 1. The summed E-state index contributed by atoms with van der Waals surface area (Å²) in [5.41, 5.74) is -2.22. The summed E-state index contributed by atoms with van der Waals surface area (Å²) >= 11 is 22.6. The third-order valence-corrected chi connectivity index (χ3v) is 6.78. The Hall–Kier alpha value is 1.25. The molecule has 0 spiro atoms. The molecule has 0 atom stereocenters. The molecule has 178 valence electrons. The third-order valence-electron chi connectivity index (χ3n) is 3.52. The molecule has 0 aromatic rings. The molecular weight excluding hydrogens is 509 g/mol. The summed E-state index contributed by atoms with van der Waals surface area (Å²) in [7, 11) is 0. The molecule has 0 saturated heterocycles. The first-order valence-corrected chi connectivity index (χ1v) is 10.2. The van der Waals surface area contributed by atoms with Crippen molar-refractivity contribution in [2.75, 3.05) is 52.9 Å². The Morgan fingerprint density at radius 3 is 0.828 bits per heavy atom. The lowest BCUT2D eigenvalue weighted by Gasteiger charge is -2.29. The van der Waals surface area contributed by atoms with Crippen molar-refractivity contribution in [2.24, 2.45) is 10.8 Å². The van der Waals surface area contributed by atoms with Crippen molar-refractivity contribution in [3.05, 3.63) is 0 Å². The minimum atomic E-state index is -1.51. The molecule has 0 bridgehead atoms. The van der Waals surface area contributed by atoms with E-state index in [0.29, 0.717) is 0 Å². The molecule has 0 unspecified atom stereocenters. The van der Waals surface area contributed by atoms with Crippen molar-refractivity contribution < 1.29 is 49.8 Å². The predicted molar refractivity (Wildman–Crippen MR) is 127 cm³/mol. The van der Waals surface area contributed by atoms with Gasteiger partial charge in [-0.25, -0.2) is 4.79 Å². The predicted octanol–water partition coefficient (Wildman–Crippen LogP) is -2.74. The molecule has 0 rings (SSSR count). The zero-order valence-electron chi connectivity index (χ0n) is 15.2. The summed E-state index contributed by atoms with van der Waals surface area (Å²) < 4.78 is 1.30. The van der Waals surface area contributed by atoms with Crippen LogP contribution in [0.5, 0.6) is 0 Å². The maximum absolute atomic E-state index is 10.9. The molecule has 0 fully saturated rings. The highest BCUT2D eigenvalue weighted by Gasteiger charge is 2.47. The van der Waals surface area contributed by atoms with Crippen molar-refractivity contribution in [2.45, 2.75) is 7.49 Å². The second-order valence-electron chi connectivity index (χ2n) is 5.95. The van der Waals surface area contributed by atoms with Crippen molar-refractivity contribution in [1.82, 2.24) is 0 Å². The highest BCUT2D eigenvalue weighted by Crippen LogP contribution is 2.45. The summed E-state index contributed by atoms with van der Waals surface area (Å²) in [5, 5.41) is 68.0. The first kappa shape index (κ1) is 34.9. The van der Waals surface area contributed by atoms with Crippen LogP contribution in [0.15, 0.2) is 0 Å². The first-order chi connectivity index (χ1) is 13.2. The maximum atomic E-state index is 10.9. The molecule has 0 aliphatic carbocycles. The van der Waals surface area contributed by atoms with Gasteiger partial charge in [0.1, 0.15) is 3.41 Å². The van der Waals surface area contributed by atoms with E-state index < -0.39 is 77.1 Å². The second-order valence-corrected chi connectivity index (χ2v) is 10.9. The molecule has 0 aromatic heterocycles. The first-order valence-electron chi connectivity index (χ1n) is 7.57. The van der Waals surface area contributed by atoms with Gasteiger partial charge in [0.2, 0.25) is 0 Å². The summed E-state index contributed by atoms with van der Waals surface area (Å²) in [6.45, 7) is -3.25. The topological polar surface area (TPSA) is 188 Å². The summed E-state index contributed by atoms with van der Waals surface area (Å²) in [5.74, 6) is -0.785. The van der Waals surface area contributed by atoms with Gasteiger partial charge in [0, 0.05) is 12.9 Å². The van der Waals surface area contributed by atoms with Crippen molar-refractivity contribution in [1.29, 1.82) is 0 Å². The van der Waals surface area contributed by atoms with Gasteiger partial charge in [0.05, 0.1) is 63.7 Å². The minimum Gasteiger partial charge on any atom is -0.396 e. The van der Waals surface area contributed by atoms with Crippen LogP contribution in [-0.4, -0.2) is 107 Å². The normalized spacial score (nSPS) is 12.3. The van der Waals surface area contributed by atoms with Crippen LogP contribution < -0.4 is 0 Å². The summed E-state index contributed by atoms with van der Waals surface area (Å²) in [4.78, 5) is 10.9. The van der Waals surface area contributed by atoms with Crippen LogP contribution in [-0.2, 0) is 8.98 Å². The molecule has 0 radical (unpaired) electrons. The molecule has 16 heteroatoms. The quantitative estimate of drug-likeness (QED) is 0.0789. The van der Waals surface area contributed by atoms with Gasteiger partial charge in [-0.3, -0.25) is 0 Å². The molecule has 8 N–H and O–H groups in total. The summed E-state index contributed by atoms with van der Waals surface area (Å²) in [6, 6.07) is 0. The molecule has 0 amide bonds. The standard InChI is InChI=1S/2C5H12O4.C3H6O2S6/c2*6-1-5(2-7,3-8)4-9;4-1(5-11)2(6,7)3(8,9)10/h2*6-9H,1-4H2;6-11H. The number of aliphatic hydroxyl groups is 8. The zero-order chi connectivity index (χ0) is 23.9. The number of carbonyl (C=O) groups is 1. The Labute approximate surface area is 202 Å². The van der Waals surface area contributed by atoms with Crippen LogP contribution in [0.25, 0.3) is 0 Å². The van der Waals surface area contributed by atoms with Crippen molar-refractivity contribution >= 4 is 82.0 Å². The van der Waals surface area contributed by atoms with Crippen LogP contribution in [0, 0.1) is 10.8 Å². The van der Waals surface area contributed by atoms with E-state index in [-0.39, 0.29) is 0 Å². The number of thiol groups is 6. The lowest BCUT2D eigenvalue weighted by atomic mass is 9.93. The molecule has 10 nitrogen and oxygen atoms in total. The van der Waals surface area contributed by atoms with E-state index in [1.54, 1.807) is 0 Å².